The number of ether oxygens (including phenoxy) is 1. The first kappa shape index (κ1) is 13.8. The number of carbonyl (C=O) groups excluding carboxylic acids is 2. The largest absolute Gasteiger partial charge is 0.467 e. The molecule has 0 atom stereocenters. The normalized spacial score (nSPS) is 10.2. The molecule has 0 saturated carbocycles. The lowest BCUT2D eigenvalue weighted by atomic mass is 10.4. The second-order valence-corrected chi connectivity index (χ2v) is 6.00. The lowest BCUT2D eigenvalue weighted by Gasteiger charge is -2.04. The predicted molar refractivity (Wildman–Crippen MR) is 72.9 cm³/mol. The van der Waals surface area contributed by atoms with E-state index in [0.717, 1.165) is 3.79 Å². The first-order valence-corrected chi connectivity index (χ1v) is 6.97. The maximum Gasteiger partial charge on any atom is 0.348 e. The molecule has 2 aromatic rings. The summed E-state index contributed by atoms with van der Waals surface area (Å²) in [4.78, 5) is 23.5. The Morgan fingerprint density at radius 2 is 2.21 bits per heavy atom. The highest BCUT2D eigenvalue weighted by molar-refractivity contribution is 9.11. The third kappa shape index (κ3) is 4.22. The van der Waals surface area contributed by atoms with E-state index in [0.29, 0.717) is 10.6 Å². The second kappa shape index (κ2) is 6.53. The van der Waals surface area contributed by atoms with Crippen molar-refractivity contribution in [1.82, 2.24) is 5.32 Å². The van der Waals surface area contributed by atoms with Gasteiger partial charge >= 0.3 is 5.97 Å². The molecule has 7 heteroatoms. The topological polar surface area (TPSA) is 68.5 Å². The van der Waals surface area contributed by atoms with Crippen molar-refractivity contribution >= 4 is 39.1 Å². The van der Waals surface area contributed by atoms with Gasteiger partial charge in [-0.2, -0.15) is 0 Å². The van der Waals surface area contributed by atoms with Crippen LogP contribution in [0.1, 0.15) is 15.4 Å². The summed E-state index contributed by atoms with van der Waals surface area (Å²) < 4.78 is 10.8. The lowest BCUT2D eigenvalue weighted by molar-refractivity contribution is -0.124. The quantitative estimate of drug-likeness (QED) is 0.847. The fourth-order valence-corrected chi connectivity index (χ4v) is 2.56. The summed E-state index contributed by atoms with van der Waals surface area (Å²) in [6.45, 7) is -0.0387. The van der Waals surface area contributed by atoms with Crippen LogP contribution in [0.4, 0.5) is 0 Å². The van der Waals surface area contributed by atoms with Crippen LogP contribution < -0.4 is 5.32 Å². The van der Waals surface area contributed by atoms with Crippen molar-refractivity contribution in [1.29, 1.82) is 0 Å². The molecule has 0 spiro atoms. The molecule has 2 rings (SSSR count). The Labute approximate surface area is 121 Å². The molecule has 5 nitrogen and oxygen atoms in total. The Hall–Kier alpha value is -1.60. The maximum absolute atomic E-state index is 11.6. The molecule has 19 heavy (non-hydrogen) atoms. The molecule has 1 amide bonds. The van der Waals surface area contributed by atoms with Crippen LogP contribution in [-0.4, -0.2) is 18.5 Å². The molecule has 0 unspecified atom stereocenters. The fourth-order valence-electron chi connectivity index (χ4n) is 1.28. The van der Waals surface area contributed by atoms with E-state index < -0.39 is 5.97 Å². The van der Waals surface area contributed by atoms with Crippen LogP contribution in [0, 0.1) is 0 Å². The molecule has 0 fully saturated rings. The second-order valence-electron chi connectivity index (χ2n) is 3.54. The number of thiophene rings is 1. The molecule has 0 aromatic carbocycles. The summed E-state index contributed by atoms with van der Waals surface area (Å²) in [5, 5.41) is 2.58. The number of rotatable bonds is 5. The van der Waals surface area contributed by atoms with E-state index in [1.54, 1.807) is 24.3 Å². The number of halogens is 1. The minimum Gasteiger partial charge on any atom is -0.467 e. The fraction of sp³-hybridized carbons (Fsp3) is 0.167. The van der Waals surface area contributed by atoms with Gasteiger partial charge in [0.15, 0.2) is 6.61 Å². The van der Waals surface area contributed by atoms with Crippen molar-refractivity contribution < 1.29 is 18.7 Å². The molecular formula is C12H10BrNO4S. The number of esters is 1. The van der Waals surface area contributed by atoms with Gasteiger partial charge < -0.3 is 14.5 Å². The van der Waals surface area contributed by atoms with Crippen LogP contribution in [0.2, 0.25) is 0 Å². The number of carbonyl (C=O) groups is 2. The van der Waals surface area contributed by atoms with E-state index >= 15 is 0 Å². The number of hydrogen-bond acceptors (Lipinski definition) is 5. The molecule has 0 aliphatic carbocycles. The van der Waals surface area contributed by atoms with Gasteiger partial charge in [0.1, 0.15) is 10.6 Å². The van der Waals surface area contributed by atoms with Gasteiger partial charge in [-0.25, -0.2) is 4.79 Å². The van der Waals surface area contributed by atoms with E-state index in [1.807, 2.05) is 0 Å². The number of furan rings is 1. The molecule has 0 radical (unpaired) electrons. The first-order chi connectivity index (χ1) is 9.15. The van der Waals surface area contributed by atoms with Gasteiger partial charge in [-0.1, -0.05) is 0 Å². The van der Waals surface area contributed by atoms with Gasteiger partial charge in [-0.3, -0.25) is 4.79 Å². The third-order valence-corrected chi connectivity index (χ3v) is 3.75. The van der Waals surface area contributed by atoms with Crippen molar-refractivity contribution in [3.05, 3.63) is 45.0 Å². The van der Waals surface area contributed by atoms with Crippen molar-refractivity contribution in [2.45, 2.75) is 6.54 Å². The summed E-state index contributed by atoms with van der Waals surface area (Å²) in [6.07, 6.45) is 1.52. The molecule has 100 valence electrons. The minimum absolute atomic E-state index is 0.272. The average molecular weight is 344 g/mol. The molecule has 2 heterocycles. The van der Waals surface area contributed by atoms with Gasteiger partial charge in [0.05, 0.1) is 16.6 Å². The summed E-state index contributed by atoms with van der Waals surface area (Å²) >= 11 is 4.50. The highest BCUT2D eigenvalue weighted by Gasteiger charge is 2.12. The standard InChI is InChI=1S/C12H10BrNO4S/c13-10-4-3-9(19-10)12(16)18-7-11(15)14-6-8-2-1-5-17-8/h1-5H,6-7H2,(H,14,15). The molecule has 1 N–H and O–H groups in total. The Kier molecular flexibility index (Phi) is 4.75. The van der Waals surface area contributed by atoms with Gasteiger partial charge in [-0.15, -0.1) is 11.3 Å². The van der Waals surface area contributed by atoms with Crippen LogP contribution >= 0.6 is 27.3 Å². The van der Waals surface area contributed by atoms with Gasteiger partial charge in [0, 0.05) is 0 Å². The molecule has 0 saturated heterocycles. The highest BCUT2D eigenvalue weighted by Crippen LogP contribution is 2.22. The zero-order valence-electron chi connectivity index (χ0n) is 9.72. The monoisotopic (exact) mass is 343 g/mol. The molecule has 0 aliphatic rings. The molecule has 2 aromatic heterocycles. The smallest absolute Gasteiger partial charge is 0.348 e. The summed E-state index contributed by atoms with van der Waals surface area (Å²) in [5.41, 5.74) is 0. The van der Waals surface area contributed by atoms with Crippen LogP contribution in [0.5, 0.6) is 0 Å². The SMILES string of the molecule is O=C(COC(=O)c1ccc(Br)s1)NCc1ccco1. The Bertz CT molecular complexity index is 564. The zero-order valence-corrected chi connectivity index (χ0v) is 12.1. The van der Waals surface area contributed by atoms with Crippen LogP contribution in [0.25, 0.3) is 0 Å². The van der Waals surface area contributed by atoms with Gasteiger partial charge in [0.25, 0.3) is 5.91 Å². The molecule has 0 aliphatic heterocycles. The Balaban J connectivity index is 1.73. The third-order valence-electron chi connectivity index (χ3n) is 2.15. The number of hydrogen-bond donors (Lipinski definition) is 1. The Morgan fingerprint density at radius 3 is 2.84 bits per heavy atom. The van der Waals surface area contributed by atoms with Crippen LogP contribution in [-0.2, 0) is 16.1 Å². The van der Waals surface area contributed by atoms with Crippen molar-refractivity contribution in [3.63, 3.8) is 0 Å². The van der Waals surface area contributed by atoms with Crippen LogP contribution in [0.15, 0.2) is 38.7 Å². The van der Waals surface area contributed by atoms with Crippen molar-refractivity contribution in [3.8, 4) is 0 Å². The summed E-state index contributed by atoms with van der Waals surface area (Å²) in [5.74, 6) is -0.244. The maximum atomic E-state index is 11.6. The molecule has 0 bridgehead atoms. The van der Waals surface area contributed by atoms with E-state index in [4.69, 9.17) is 9.15 Å². The zero-order chi connectivity index (χ0) is 13.7. The average Bonchev–Trinajstić information content (AvgIpc) is 3.04. The van der Waals surface area contributed by atoms with Crippen molar-refractivity contribution in [2.75, 3.05) is 6.61 Å². The summed E-state index contributed by atoms with van der Waals surface area (Å²) in [7, 11) is 0. The minimum atomic E-state index is -0.510. The lowest BCUT2D eigenvalue weighted by Crippen LogP contribution is -2.28. The first-order valence-electron chi connectivity index (χ1n) is 5.36. The van der Waals surface area contributed by atoms with Gasteiger partial charge in [0.2, 0.25) is 0 Å². The summed E-state index contributed by atoms with van der Waals surface area (Å²) in [6, 6.07) is 6.86. The molecular weight excluding hydrogens is 334 g/mol. The van der Waals surface area contributed by atoms with E-state index in [9.17, 15) is 9.59 Å². The highest BCUT2D eigenvalue weighted by atomic mass is 79.9. The predicted octanol–water partition coefficient (Wildman–Crippen LogP) is 2.58. The van der Waals surface area contributed by atoms with Gasteiger partial charge in [-0.05, 0) is 40.2 Å². The van der Waals surface area contributed by atoms with Crippen LogP contribution in [0.3, 0.4) is 0 Å². The number of nitrogens with one attached hydrogen (secondary N) is 1. The van der Waals surface area contributed by atoms with E-state index in [-0.39, 0.29) is 19.1 Å². The number of amides is 1. The Morgan fingerprint density at radius 1 is 1.37 bits per heavy atom. The van der Waals surface area contributed by atoms with E-state index in [1.165, 1.54) is 17.6 Å². The van der Waals surface area contributed by atoms with Crippen molar-refractivity contribution in [2.24, 2.45) is 0 Å². The van der Waals surface area contributed by atoms with E-state index in [2.05, 4.69) is 21.2 Å².